The molecule has 1 fully saturated rings. The molecular formula is C18H20N2O4. The summed E-state index contributed by atoms with van der Waals surface area (Å²) in [4.78, 5) is 17.2. The Bertz CT molecular complexity index is 696. The molecule has 0 amide bonds. The minimum absolute atomic E-state index is 0.219. The summed E-state index contributed by atoms with van der Waals surface area (Å²) in [6.07, 6.45) is 1.69. The van der Waals surface area contributed by atoms with Crippen molar-refractivity contribution >= 4 is 5.97 Å². The van der Waals surface area contributed by atoms with Crippen LogP contribution >= 0.6 is 0 Å². The molecule has 24 heavy (non-hydrogen) atoms. The molecule has 1 aromatic heterocycles. The fourth-order valence-corrected chi connectivity index (χ4v) is 2.62. The molecule has 6 nitrogen and oxygen atoms in total. The van der Waals surface area contributed by atoms with E-state index in [1.807, 2.05) is 30.3 Å². The Hall–Kier alpha value is -2.60. The third-order valence-corrected chi connectivity index (χ3v) is 4.05. The van der Waals surface area contributed by atoms with E-state index in [-0.39, 0.29) is 5.92 Å². The van der Waals surface area contributed by atoms with Crippen molar-refractivity contribution in [3.63, 3.8) is 0 Å². The maximum Gasteiger partial charge on any atom is 0.309 e. The Morgan fingerprint density at radius 1 is 1.25 bits per heavy atom. The fraction of sp³-hybridized carbons (Fsp3) is 0.333. The first-order chi connectivity index (χ1) is 11.6. The number of carbonyl (C=O) groups is 1. The van der Waals surface area contributed by atoms with Crippen LogP contribution in [0.5, 0.6) is 11.5 Å². The van der Waals surface area contributed by atoms with Crippen molar-refractivity contribution in [3.05, 3.63) is 53.9 Å². The minimum atomic E-state index is -0.707. The van der Waals surface area contributed by atoms with Gasteiger partial charge in [-0.2, -0.15) is 0 Å². The Morgan fingerprint density at radius 2 is 2.00 bits per heavy atom. The summed E-state index contributed by atoms with van der Waals surface area (Å²) in [5.41, 5.74) is 1.95. The average molecular weight is 328 g/mol. The largest absolute Gasteiger partial charge is 0.497 e. The molecule has 0 spiro atoms. The van der Waals surface area contributed by atoms with Gasteiger partial charge < -0.3 is 14.6 Å². The fourth-order valence-electron chi connectivity index (χ4n) is 2.62. The number of methoxy groups -OCH3 is 1. The van der Waals surface area contributed by atoms with Crippen molar-refractivity contribution in [1.29, 1.82) is 0 Å². The molecule has 1 aromatic carbocycles. The van der Waals surface area contributed by atoms with E-state index >= 15 is 0 Å². The summed E-state index contributed by atoms with van der Waals surface area (Å²) < 4.78 is 10.9. The van der Waals surface area contributed by atoms with Gasteiger partial charge in [-0.25, -0.2) is 0 Å². The highest BCUT2D eigenvalue weighted by Gasteiger charge is 2.31. The number of ether oxygens (including phenoxy) is 2. The lowest BCUT2D eigenvalue weighted by molar-refractivity contribution is -0.147. The predicted octanol–water partition coefficient (Wildman–Crippen LogP) is 2.19. The van der Waals surface area contributed by atoms with Gasteiger partial charge in [-0.3, -0.25) is 14.7 Å². The van der Waals surface area contributed by atoms with Gasteiger partial charge in [0, 0.05) is 31.9 Å². The van der Waals surface area contributed by atoms with E-state index in [0.29, 0.717) is 19.7 Å². The second-order valence-corrected chi connectivity index (χ2v) is 5.85. The SMILES string of the molecule is COc1ccnc(COc2ccc(CN3CC(C(=O)O)C3)cc2)c1. The van der Waals surface area contributed by atoms with E-state index in [4.69, 9.17) is 14.6 Å². The molecule has 2 heterocycles. The summed E-state index contributed by atoms with van der Waals surface area (Å²) in [6.45, 7) is 2.38. The van der Waals surface area contributed by atoms with Gasteiger partial charge in [0.2, 0.25) is 0 Å². The second kappa shape index (κ2) is 7.31. The van der Waals surface area contributed by atoms with Crippen LogP contribution in [0.25, 0.3) is 0 Å². The van der Waals surface area contributed by atoms with Gasteiger partial charge >= 0.3 is 5.97 Å². The van der Waals surface area contributed by atoms with Crippen LogP contribution in [-0.2, 0) is 17.9 Å². The van der Waals surface area contributed by atoms with Crippen molar-refractivity contribution in [2.75, 3.05) is 20.2 Å². The average Bonchev–Trinajstić information content (AvgIpc) is 2.56. The molecule has 1 aliphatic heterocycles. The molecular weight excluding hydrogens is 308 g/mol. The first kappa shape index (κ1) is 16.3. The first-order valence-corrected chi connectivity index (χ1v) is 7.80. The van der Waals surface area contributed by atoms with Gasteiger partial charge in [-0.05, 0) is 23.8 Å². The summed E-state index contributed by atoms with van der Waals surface area (Å²) >= 11 is 0. The van der Waals surface area contributed by atoms with Crippen LogP contribution in [0.4, 0.5) is 0 Å². The monoisotopic (exact) mass is 328 g/mol. The molecule has 6 heteroatoms. The molecule has 126 valence electrons. The van der Waals surface area contributed by atoms with Gasteiger partial charge in [0.05, 0.1) is 18.7 Å². The van der Waals surface area contributed by atoms with Crippen molar-refractivity contribution in [1.82, 2.24) is 9.88 Å². The van der Waals surface area contributed by atoms with Crippen molar-refractivity contribution in [3.8, 4) is 11.5 Å². The number of pyridine rings is 1. The zero-order valence-corrected chi connectivity index (χ0v) is 13.5. The number of likely N-dealkylation sites (tertiary alicyclic amines) is 1. The normalized spacial score (nSPS) is 14.9. The standard InChI is InChI=1S/C18H20N2O4/c1-23-17-6-7-19-15(8-17)12-24-16-4-2-13(3-5-16)9-20-10-14(11-20)18(21)22/h2-8,14H,9-12H2,1H3,(H,21,22). The number of aromatic nitrogens is 1. The number of carboxylic acids is 1. The van der Waals surface area contributed by atoms with Gasteiger partial charge in [-0.1, -0.05) is 12.1 Å². The van der Waals surface area contributed by atoms with E-state index < -0.39 is 5.97 Å². The molecule has 1 saturated heterocycles. The topological polar surface area (TPSA) is 71.9 Å². The van der Waals surface area contributed by atoms with E-state index in [0.717, 1.165) is 29.3 Å². The Labute approximate surface area is 140 Å². The van der Waals surface area contributed by atoms with Crippen molar-refractivity contribution in [2.45, 2.75) is 13.2 Å². The van der Waals surface area contributed by atoms with E-state index in [2.05, 4.69) is 9.88 Å². The third kappa shape index (κ3) is 4.02. The molecule has 1 aliphatic rings. The predicted molar refractivity (Wildman–Crippen MR) is 88.0 cm³/mol. The quantitative estimate of drug-likeness (QED) is 0.840. The van der Waals surface area contributed by atoms with Gasteiger partial charge in [0.15, 0.2) is 0 Å². The molecule has 0 aliphatic carbocycles. The first-order valence-electron chi connectivity index (χ1n) is 7.80. The van der Waals surface area contributed by atoms with Gasteiger partial charge in [0.1, 0.15) is 18.1 Å². The van der Waals surface area contributed by atoms with Crippen molar-refractivity contribution in [2.24, 2.45) is 5.92 Å². The number of aliphatic carboxylic acids is 1. The zero-order chi connectivity index (χ0) is 16.9. The van der Waals surface area contributed by atoms with E-state index in [1.165, 1.54) is 0 Å². The summed E-state index contributed by atoms with van der Waals surface area (Å²) in [7, 11) is 1.62. The van der Waals surface area contributed by atoms with Crippen LogP contribution in [0, 0.1) is 5.92 Å². The highest BCUT2D eigenvalue weighted by atomic mass is 16.5. The number of nitrogens with zero attached hydrogens (tertiary/aromatic N) is 2. The van der Waals surface area contributed by atoms with Crippen LogP contribution in [-0.4, -0.2) is 41.2 Å². The Balaban J connectivity index is 1.49. The van der Waals surface area contributed by atoms with Crippen LogP contribution in [0.2, 0.25) is 0 Å². The number of benzene rings is 1. The summed E-state index contributed by atoms with van der Waals surface area (Å²) in [5, 5.41) is 8.88. The zero-order valence-electron chi connectivity index (χ0n) is 13.5. The molecule has 0 unspecified atom stereocenters. The van der Waals surface area contributed by atoms with Gasteiger partial charge in [0.25, 0.3) is 0 Å². The Morgan fingerprint density at radius 3 is 2.67 bits per heavy atom. The Kier molecular flexibility index (Phi) is 4.96. The summed E-state index contributed by atoms with van der Waals surface area (Å²) in [6, 6.07) is 11.5. The third-order valence-electron chi connectivity index (χ3n) is 4.05. The van der Waals surface area contributed by atoms with Crippen LogP contribution < -0.4 is 9.47 Å². The number of carboxylic acid groups (broad SMARTS) is 1. The molecule has 0 bridgehead atoms. The minimum Gasteiger partial charge on any atom is -0.497 e. The molecule has 2 aromatic rings. The molecule has 0 radical (unpaired) electrons. The van der Waals surface area contributed by atoms with Crippen LogP contribution in [0.1, 0.15) is 11.3 Å². The summed E-state index contributed by atoms with van der Waals surface area (Å²) in [5.74, 6) is 0.604. The smallest absolute Gasteiger partial charge is 0.309 e. The lowest BCUT2D eigenvalue weighted by Gasteiger charge is -2.36. The van der Waals surface area contributed by atoms with Crippen LogP contribution in [0.15, 0.2) is 42.6 Å². The number of rotatable bonds is 7. The maximum atomic E-state index is 10.8. The number of hydrogen-bond acceptors (Lipinski definition) is 5. The molecule has 0 atom stereocenters. The van der Waals surface area contributed by atoms with Crippen molar-refractivity contribution < 1.29 is 19.4 Å². The molecule has 1 N–H and O–H groups in total. The number of hydrogen-bond donors (Lipinski definition) is 1. The molecule has 3 rings (SSSR count). The highest BCUT2D eigenvalue weighted by Crippen LogP contribution is 2.21. The lowest BCUT2D eigenvalue weighted by Crippen LogP contribution is -2.49. The maximum absolute atomic E-state index is 10.8. The molecule has 0 saturated carbocycles. The van der Waals surface area contributed by atoms with Gasteiger partial charge in [-0.15, -0.1) is 0 Å². The van der Waals surface area contributed by atoms with Crippen LogP contribution in [0.3, 0.4) is 0 Å². The second-order valence-electron chi connectivity index (χ2n) is 5.85. The van der Waals surface area contributed by atoms with E-state index in [1.54, 1.807) is 19.4 Å². The highest BCUT2D eigenvalue weighted by molar-refractivity contribution is 5.71. The lowest BCUT2D eigenvalue weighted by atomic mass is 10.00. The van der Waals surface area contributed by atoms with E-state index in [9.17, 15) is 4.79 Å².